The minimum absolute atomic E-state index is 0.835. The topological polar surface area (TPSA) is 101 Å². The average Bonchev–Trinajstić information content (AvgIpc) is 3.54. The van der Waals surface area contributed by atoms with Gasteiger partial charge in [-0.25, -0.2) is 4.98 Å². The number of pyridine rings is 2. The third-order valence-electron chi connectivity index (χ3n) is 5.53. The van der Waals surface area contributed by atoms with Crippen molar-refractivity contribution in [3.05, 3.63) is 61.2 Å². The first-order chi connectivity index (χ1) is 14.7. The zero-order valence-electron chi connectivity index (χ0n) is 16.3. The molecule has 0 aliphatic carbocycles. The lowest BCUT2D eigenvalue weighted by atomic mass is 10.1. The maximum Gasteiger partial charge on any atom is 0.116 e. The first-order valence-electron chi connectivity index (χ1n) is 9.52. The normalized spacial score (nSPS) is 11.7. The van der Waals surface area contributed by atoms with Gasteiger partial charge in [0, 0.05) is 35.1 Å². The first-order valence-corrected chi connectivity index (χ1v) is 9.52. The number of aryl methyl sites for hydroxylation is 1. The summed E-state index contributed by atoms with van der Waals surface area (Å²) in [7, 11) is 1.99. The molecule has 0 radical (unpaired) electrons. The molecule has 0 spiro atoms. The SMILES string of the molecule is Cc1ncc(-c2cc3c(-c4cc5c(-c6ccoc6)nccc5[nH]4)n[nH]c3cn2)n1C. The van der Waals surface area contributed by atoms with Gasteiger partial charge < -0.3 is 14.0 Å². The maximum atomic E-state index is 5.24. The minimum Gasteiger partial charge on any atom is -0.472 e. The maximum absolute atomic E-state index is 5.24. The van der Waals surface area contributed by atoms with E-state index in [2.05, 4.69) is 36.2 Å². The lowest BCUT2D eigenvalue weighted by molar-refractivity contribution is 0.568. The number of aromatic nitrogens is 7. The molecule has 0 amide bonds. The second kappa shape index (κ2) is 6.15. The van der Waals surface area contributed by atoms with E-state index < -0.39 is 0 Å². The van der Waals surface area contributed by atoms with E-state index in [9.17, 15) is 0 Å². The van der Waals surface area contributed by atoms with Gasteiger partial charge in [0.15, 0.2) is 0 Å². The molecule has 0 bridgehead atoms. The Morgan fingerprint density at radius 2 is 1.87 bits per heavy atom. The fraction of sp³-hybridized carbons (Fsp3) is 0.0909. The molecule has 6 aromatic heterocycles. The number of imidazole rings is 1. The zero-order chi connectivity index (χ0) is 20.2. The molecule has 0 fully saturated rings. The van der Waals surface area contributed by atoms with E-state index in [0.29, 0.717) is 0 Å². The molecule has 6 heterocycles. The summed E-state index contributed by atoms with van der Waals surface area (Å²) >= 11 is 0. The van der Waals surface area contributed by atoms with Crippen LogP contribution in [0, 0.1) is 6.92 Å². The molecule has 0 unspecified atom stereocenters. The third-order valence-corrected chi connectivity index (χ3v) is 5.53. The van der Waals surface area contributed by atoms with E-state index in [1.807, 2.05) is 49.1 Å². The summed E-state index contributed by atoms with van der Waals surface area (Å²) in [6, 6.07) is 7.99. The molecule has 8 heteroatoms. The van der Waals surface area contributed by atoms with Crippen LogP contribution in [0.25, 0.3) is 55.8 Å². The summed E-state index contributed by atoms with van der Waals surface area (Å²) in [5, 5.41) is 9.65. The van der Waals surface area contributed by atoms with E-state index in [-0.39, 0.29) is 0 Å². The number of rotatable bonds is 3. The van der Waals surface area contributed by atoms with Crippen molar-refractivity contribution in [2.24, 2.45) is 7.05 Å². The molecule has 30 heavy (non-hydrogen) atoms. The zero-order valence-corrected chi connectivity index (χ0v) is 16.3. The molecular formula is C22H17N7O. The van der Waals surface area contributed by atoms with Crippen LogP contribution in [0.4, 0.5) is 0 Å². The number of nitrogens with one attached hydrogen (secondary N) is 2. The molecular weight excluding hydrogens is 378 g/mol. The molecule has 0 saturated carbocycles. The van der Waals surface area contributed by atoms with Crippen molar-refractivity contribution in [3.63, 3.8) is 0 Å². The molecule has 2 N–H and O–H groups in total. The number of furan rings is 1. The number of H-pyrrole nitrogens is 2. The van der Waals surface area contributed by atoms with Crippen molar-refractivity contribution >= 4 is 21.8 Å². The number of fused-ring (bicyclic) bond motifs is 2. The predicted molar refractivity (Wildman–Crippen MR) is 114 cm³/mol. The summed E-state index contributed by atoms with van der Waals surface area (Å²) < 4.78 is 7.27. The van der Waals surface area contributed by atoms with E-state index in [4.69, 9.17) is 4.42 Å². The number of hydrogen-bond acceptors (Lipinski definition) is 5. The van der Waals surface area contributed by atoms with Crippen molar-refractivity contribution in [2.45, 2.75) is 6.92 Å². The van der Waals surface area contributed by atoms with Gasteiger partial charge in [-0.15, -0.1) is 0 Å². The lowest BCUT2D eigenvalue weighted by Crippen LogP contribution is -1.95. The van der Waals surface area contributed by atoms with Gasteiger partial charge in [0.2, 0.25) is 0 Å². The Labute approximate surface area is 170 Å². The first kappa shape index (κ1) is 16.7. The fourth-order valence-corrected chi connectivity index (χ4v) is 3.81. The Morgan fingerprint density at radius 1 is 0.967 bits per heavy atom. The van der Waals surface area contributed by atoms with Crippen LogP contribution in [0.1, 0.15) is 5.82 Å². The van der Waals surface area contributed by atoms with Crippen LogP contribution < -0.4 is 0 Å². The van der Waals surface area contributed by atoms with Gasteiger partial charge in [-0.1, -0.05) is 0 Å². The van der Waals surface area contributed by atoms with Crippen LogP contribution in [0.5, 0.6) is 0 Å². The quantitative estimate of drug-likeness (QED) is 0.460. The Morgan fingerprint density at radius 3 is 2.67 bits per heavy atom. The summed E-state index contributed by atoms with van der Waals surface area (Å²) in [5.74, 6) is 0.939. The predicted octanol–water partition coefficient (Wildman–Crippen LogP) is 4.47. The molecule has 0 aliphatic rings. The Balaban J connectivity index is 1.53. The van der Waals surface area contributed by atoms with E-state index in [1.165, 1.54) is 0 Å². The molecule has 0 aliphatic heterocycles. The van der Waals surface area contributed by atoms with Crippen LogP contribution in [-0.2, 0) is 7.05 Å². The highest BCUT2D eigenvalue weighted by Crippen LogP contribution is 2.33. The highest BCUT2D eigenvalue weighted by molar-refractivity contribution is 6.00. The van der Waals surface area contributed by atoms with Crippen molar-refractivity contribution < 1.29 is 4.42 Å². The average molecular weight is 395 g/mol. The number of hydrogen-bond donors (Lipinski definition) is 2. The fourth-order valence-electron chi connectivity index (χ4n) is 3.81. The van der Waals surface area contributed by atoms with Gasteiger partial charge in [-0.2, -0.15) is 5.10 Å². The van der Waals surface area contributed by atoms with Gasteiger partial charge in [0.05, 0.1) is 53.2 Å². The molecule has 0 aromatic carbocycles. The van der Waals surface area contributed by atoms with Gasteiger partial charge >= 0.3 is 0 Å². The van der Waals surface area contributed by atoms with Crippen LogP contribution in [0.2, 0.25) is 0 Å². The summed E-state index contributed by atoms with van der Waals surface area (Å²) in [6.07, 6.45) is 8.80. The second-order valence-electron chi connectivity index (χ2n) is 7.25. The monoisotopic (exact) mass is 395 g/mol. The highest BCUT2D eigenvalue weighted by atomic mass is 16.3. The molecule has 146 valence electrons. The van der Waals surface area contributed by atoms with Crippen LogP contribution in [-0.4, -0.2) is 34.7 Å². The van der Waals surface area contributed by atoms with E-state index in [0.717, 1.165) is 61.7 Å². The van der Waals surface area contributed by atoms with Crippen molar-refractivity contribution in [2.75, 3.05) is 0 Å². The number of aromatic amines is 2. The molecule has 0 atom stereocenters. The second-order valence-corrected chi connectivity index (χ2v) is 7.25. The van der Waals surface area contributed by atoms with Gasteiger partial charge in [0.25, 0.3) is 0 Å². The molecule has 6 rings (SSSR count). The highest BCUT2D eigenvalue weighted by Gasteiger charge is 2.16. The van der Waals surface area contributed by atoms with E-state index >= 15 is 0 Å². The van der Waals surface area contributed by atoms with Crippen molar-refractivity contribution in [3.8, 4) is 34.0 Å². The minimum atomic E-state index is 0.835. The molecule has 8 nitrogen and oxygen atoms in total. The van der Waals surface area contributed by atoms with Gasteiger partial charge in [-0.3, -0.25) is 15.1 Å². The summed E-state index contributed by atoms with van der Waals surface area (Å²) in [4.78, 5) is 17.0. The van der Waals surface area contributed by atoms with Crippen LogP contribution in [0.15, 0.2) is 59.8 Å². The van der Waals surface area contributed by atoms with Crippen LogP contribution in [0.3, 0.4) is 0 Å². The van der Waals surface area contributed by atoms with Crippen LogP contribution >= 0.6 is 0 Å². The Kier molecular flexibility index (Phi) is 3.43. The summed E-state index contributed by atoms with van der Waals surface area (Å²) in [6.45, 7) is 1.97. The number of nitrogens with zero attached hydrogens (tertiary/aromatic N) is 5. The lowest BCUT2D eigenvalue weighted by Gasteiger charge is -2.03. The van der Waals surface area contributed by atoms with Gasteiger partial charge in [0.1, 0.15) is 11.5 Å². The smallest absolute Gasteiger partial charge is 0.116 e. The van der Waals surface area contributed by atoms with Crippen molar-refractivity contribution in [1.29, 1.82) is 0 Å². The third kappa shape index (κ3) is 2.40. The van der Waals surface area contributed by atoms with Crippen molar-refractivity contribution in [1.82, 2.24) is 34.7 Å². The van der Waals surface area contributed by atoms with E-state index in [1.54, 1.807) is 18.7 Å². The summed E-state index contributed by atoms with van der Waals surface area (Å²) in [5.41, 5.74) is 7.24. The Bertz CT molecular complexity index is 1520. The molecule has 6 aromatic rings. The van der Waals surface area contributed by atoms with Gasteiger partial charge in [-0.05, 0) is 31.2 Å². The molecule has 0 saturated heterocycles. The largest absolute Gasteiger partial charge is 0.472 e. The standard InChI is InChI=1S/C22H17N7O/c1-12-24-10-20(29(12)2)17-7-15-19(9-25-17)27-28-22(15)18-8-14-16(26-18)3-5-23-21(14)13-4-6-30-11-13/h3-11,26H,1-2H3,(H,27,28). The Hall–Kier alpha value is -4.20.